The average Bonchev–Trinajstić information content (AvgIpc) is 2.88. The summed E-state index contributed by atoms with van der Waals surface area (Å²) in [6, 6.07) is 28.1. The van der Waals surface area contributed by atoms with E-state index in [4.69, 9.17) is 0 Å². The van der Waals surface area contributed by atoms with Crippen molar-refractivity contribution in [3.05, 3.63) is 105 Å². The highest BCUT2D eigenvalue weighted by Crippen LogP contribution is 2.50. The molecule has 0 unspecified atom stereocenters. The number of benzene rings is 4. The first-order valence-corrected chi connectivity index (χ1v) is 19.3. The van der Waals surface area contributed by atoms with E-state index in [1.807, 2.05) is 0 Å². The molecule has 4 rings (SSSR count). The van der Waals surface area contributed by atoms with E-state index in [1.165, 1.54) is 53.6 Å². The van der Waals surface area contributed by atoms with E-state index < -0.39 is 0 Å². The Balaban J connectivity index is 2.18. The molecule has 0 N–H and O–H groups in total. The highest BCUT2D eigenvalue weighted by atomic mass is 127. The lowest BCUT2D eigenvalue weighted by Gasteiger charge is -2.24. The van der Waals surface area contributed by atoms with Gasteiger partial charge in [-0.1, -0.05) is 194 Å². The molecule has 0 aliphatic rings. The van der Waals surface area contributed by atoms with Crippen LogP contribution in [0.2, 0.25) is 0 Å². The van der Waals surface area contributed by atoms with Gasteiger partial charge in [-0.2, -0.15) is 0 Å². The predicted octanol–water partition coefficient (Wildman–Crippen LogP) is 14.4. The minimum absolute atomic E-state index is 0.0000988. The number of rotatable bonds is 7. The molecule has 0 amide bonds. The van der Waals surface area contributed by atoms with Crippen LogP contribution in [-0.2, 0) is 0 Å². The molecule has 0 atom stereocenters. The lowest BCUT2D eigenvalue weighted by atomic mass is 9.87. The summed E-state index contributed by atoms with van der Waals surface area (Å²) in [5.41, 5.74) is 11.7. The second kappa shape index (κ2) is 14.1. The second-order valence-electron chi connectivity index (χ2n) is 8.08. The van der Waals surface area contributed by atoms with E-state index in [1.54, 1.807) is 0 Å². The maximum absolute atomic E-state index is 3.79. The van der Waals surface area contributed by atoms with Crippen molar-refractivity contribution in [1.82, 2.24) is 0 Å². The van der Waals surface area contributed by atoms with Gasteiger partial charge in [0, 0.05) is 3.57 Å². The third-order valence-electron chi connectivity index (χ3n) is 5.92. The van der Waals surface area contributed by atoms with Crippen LogP contribution in [0.15, 0.2) is 78.9 Å². The number of hydrogen-bond acceptors (Lipinski definition) is 0. The number of alkyl halides is 8. The third kappa shape index (κ3) is 7.09. The van der Waals surface area contributed by atoms with Crippen molar-refractivity contribution in [2.75, 3.05) is 0 Å². The molecule has 0 saturated carbocycles. The predicted molar refractivity (Wildman–Crippen MR) is 198 cm³/mol. The molecule has 0 heterocycles. The largest absolute Gasteiger partial charge is 0.0952 e. The van der Waals surface area contributed by atoms with Gasteiger partial charge in [0.1, 0.15) is 0 Å². The molecule has 0 aliphatic carbocycles. The number of hydrogen-bond donors (Lipinski definition) is 0. The van der Waals surface area contributed by atoms with E-state index in [9.17, 15) is 0 Å². The van der Waals surface area contributed by atoms with Crippen molar-refractivity contribution in [2.45, 2.75) is 14.9 Å². The van der Waals surface area contributed by atoms with Gasteiger partial charge >= 0.3 is 0 Å². The third-order valence-corrected chi connectivity index (χ3v) is 11.0. The first-order valence-electron chi connectivity index (χ1n) is 10.9. The maximum Gasteiger partial charge on any atom is 0.0952 e. The van der Waals surface area contributed by atoms with Crippen molar-refractivity contribution >= 4 is 150 Å². The molecule has 9 heteroatoms. The average molecular weight is 1120 g/mol. The summed E-state index contributed by atoms with van der Waals surface area (Å²) >= 11 is 32.8. The Bertz CT molecular complexity index is 1260. The molecule has 0 aromatic heterocycles. The fraction of sp³-hybridized carbons (Fsp3) is 0.143. The molecule has 192 valence electrons. The zero-order valence-corrected chi connectivity index (χ0v) is 33.6. The highest BCUT2D eigenvalue weighted by Gasteiger charge is 2.25. The van der Waals surface area contributed by atoms with Crippen LogP contribution in [0.3, 0.4) is 0 Å². The van der Waals surface area contributed by atoms with E-state index in [-0.39, 0.29) is 14.9 Å². The zero-order valence-electron chi connectivity index (χ0n) is 18.7. The summed E-state index contributed by atoms with van der Waals surface area (Å²) in [6.07, 6.45) is 0. The quantitative estimate of drug-likeness (QED) is 0.128. The standard InChI is InChI=1S/C28H17Br8I/c29-25(30)16-8-4-9-17(26(31)32)22(16)20-12-15(14-6-2-1-3-7-14)13-21(24(20)37)23-18(27(33)34)10-5-11-19(23)28(35)36/h1-13,25-28H. The Morgan fingerprint density at radius 2 is 0.784 bits per heavy atom. The van der Waals surface area contributed by atoms with Gasteiger partial charge in [-0.25, -0.2) is 0 Å². The van der Waals surface area contributed by atoms with Gasteiger partial charge in [-0.15, -0.1) is 0 Å². The van der Waals surface area contributed by atoms with Crippen LogP contribution < -0.4 is 0 Å². The van der Waals surface area contributed by atoms with Crippen LogP contribution in [0.4, 0.5) is 0 Å². The summed E-state index contributed by atoms with van der Waals surface area (Å²) in [5.74, 6) is 0. The fourth-order valence-corrected chi connectivity index (χ4v) is 8.22. The van der Waals surface area contributed by atoms with Gasteiger partial charge in [-0.05, 0) is 90.4 Å². The van der Waals surface area contributed by atoms with Crippen LogP contribution in [-0.4, -0.2) is 0 Å². The van der Waals surface area contributed by atoms with Gasteiger partial charge in [0.25, 0.3) is 0 Å². The topological polar surface area (TPSA) is 0 Å². The van der Waals surface area contributed by atoms with Gasteiger partial charge < -0.3 is 0 Å². The molecular weight excluding hydrogens is 1100 g/mol. The van der Waals surface area contributed by atoms with E-state index >= 15 is 0 Å². The Hall–Kier alpha value is 1.45. The Labute approximate surface area is 298 Å². The maximum atomic E-state index is 3.79. The molecular formula is C28H17Br8I. The second-order valence-corrected chi connectivity index (χ2v) is 21.4. The molecule has 0 saturated heterocycles. The van der Waals surface area contributed by atoms with Crippen molar-refractivity contribution in [3.8, 4) is 33.4 Å². The molecule has 4 aromatic rings. The molecule has 4 aromatic carbocycles. The minimum atomic E-state index is 0.0000988. The Morgan fingerprint density at radius 3 is 1.11 bits per heavy atom. The fourth-order valence-electron chi connectivity index (χ4n) is 4.31. The SMILES string of the molecule is BrC(Br)c1cccc(C(Br)Br)c1-c1cc(-c2ccccc2)cc(-c2c(C(Br)Br)cccc2C(Br)Br)c1I. The van der Waals surface area contributed by atoms with Crippen LogP contribution >= 0.6 is 150 Å². The molecule has 0 aliphatic heterocycles. The lowest BCUT2D eigenvalue weighted by molar-refractivity contribution is 1.31. The first kappa shape index (κ1) is 31.4. The monoisotopic (exact) mass is 1110 g/mol. The minimum Gasteiger partial charge on any atom is -0.0712 e. The molecule has 0 bridgehead atoms. The van der Waals surface area contributed by atoms with E-state index in [2.05, 4.69) is 229 Å². The molecule has 0 nitrogen and oxygen atoms in total. The first-order chi connectivity index (χ1) is 17.6. The van der Waals surface area contributed by atoms with Crippen LogP contribution in [0.1, 0.15) is 37.2 Å². The smallest absolute Gasteiger partial charge is 0.0712 e. The zero-order chi connectivity index (χ0) is 26.9. The van der Waals surface area contributed by atoms with E-state index in [0.29, 0.717) is 0 Å². The molecule has 0 fully saturated rings. The normalized spacial score (nSPS) is 11.8. The van der Waals surface area contributed by atoms with Crippen molar-refractivity contribution < 1.29 is 0 Å². The van der Waals surface area contributed by atoms with Crippen LogP contribution in [0.25, 0.3) is 33.4 Å². The summed E-state index contributed by atoms with van der Waals surface area (Å²) in [5, 5.41) is 0. The van der Waals surface area contributed by atoms with Gasteiger partial charge in [0.15, 0.2) is 0 Å². The number of halogens is 9. The van der Waals surface area contributed by atoms with Gasteiger partial charge in [0.2, 0.25) is 0 Å². The highest BCUT2D eigenvalue weighted by molar-refractivity contribution is 14.1. The summed E-state index contributed by atoms with van der Waals surface area (Å²) in [6.45, 7) is 0. The molecule has 0 spiro atoms. The van der Waals surface area contributed by atoms with E-state index in [0.717, 1.165) is 5.56 Å². The summed E-state index contributed by atoms with van der Waals surface area (Å²) in [4.78, 5) is 0. The Morgan fingerprint density at radius 1 is 0.432 bits per heavy atom. The van der Waals surface area contributed by atoms with Crippen molar-refractivity contribution in [1.29, 1.82) is 0 Å². The van der Waals surface area contributed by atoms with Gasteiger partial charge in [-0.3, -0.25) is 0 Å². The van der Waals surface area contributed by atoms with Crippen LogP contribution in [0.5, 0.6) is 0 Å². The van der Waals surface area contributed by atoms with Gasteiger partial charge in [0.05, 0.1) is 14.9 Å². The van der Waals surface area contributed by atoms with Crippen LogP contribution in [0, 0.1) is 3.57 Å². The van der Waals surface area contributed by atoms with Crippen molar-refractivity contribution in [3.63, 3.8) is 0 Å². The Kier molecular flexibility index (Phi) is 11.9. The van der Waals surface area contributed by atoms with Crippen molar-refractivity contribution in [2.24, 2.45) is 0 Å². The molecule has 37 heavy (non-hydrogen) atoms. The summed E-state index contributed by atoms with van der Waals surface area (Å²) in [7, 11) is 0. The lowest BCUT2D eigenvalue weighted by Crippen LogP contribution is -2.02. The molecule has 0 radical (unpaired) electrons. The summed E-state index contributed by atoms with van der Waals surface area (Å²) < 4.78 is 1.18.